The Balaban J connectivity index is 1.76. The maximum atomic E-state index is 5.41. The van der Waals surface area contributed by atoms with Crippen molar-refractivity contribution in [2.75, 3.05) is 25.1 Å². The summed E-state index contributed by atoms with van der Waals surface area (Å²) in [6.45, 7) is 2.33. The van der Waals surface area contributed by atoms with Gasteiger partial charge in [-0.15, -0.1) is 0 Å². The van der Waals surface area contributed by atoms with Gasteiger partial charge in [0.2, 0.25) is 0 Å². The Morgan fingerprint density at radius 1 is 1.14 bits per heavy atom. The van der Waals surface area contributed by atoms with Gasteiger partial charge in [-0.3, -0.25) is 0 Å². The largest absolute Gasteiger partial charge is 0.380 e. The summed E-state index contributed by atoms with van der Waals surface area (Å²) in [5, 5.41) is 3.26. The first-order chi connectivity index (χ1) is 6.95. The van der Waals surface area contributed by atoms with E-state index in [-0.39, 0.29) is 6.29 Å². The highest BCUT2D eigenvalue weighted by molar-refractivity contribution is 5.42. The quantitative estimate of drug-likeness (QED) is 0.794. The van der Waals surface area contributed by atoms with Gasteiger partial charge in [-0.2, -0.15) is 0 Å². The fourth-order valence-corrected chi connectivity index (χ4v) is 1.41. The lowest BCUT2D eigenvalue weighted by Crippen LogP contribution is -2.31. The van der Waals surface area contributed by atoms with Gasteiger partial charge in [0.1, 0.15) is 0 Å². The number of rotatable bonds is 3. The summed E-state index contributed by atoms with van der Waals surface area (Å²) in [7, 11) is 0. The van der Waals surface area contributed by atoms with E-state index in [1.54, 1.807) is 0 Å². The van der Waals surface area contributed by atoms with Crippen molar-refractivity contribution in [2.24, 2.45) is 0 Å². The number of hydrogen-bond donors (Lipinski definition) is 1. The number of para-hydroxylation sites is 1. The van der Waals surface area contributed by atoms with Gasteiger partial charge in [-0.1, -0.05) is 18.2 Å². The Morgan fingerprint density at radius 2 is 1.86 bits per heavy atom. The van der Waals surface area contributed by atoms with Crippen molar-refractivity contribution < 1.29 is 9.47 Å². The molecule has 0 unspecified atom stereocenters. The molecule has 14 heavy (non-hydrogen) atoms. The first-order valence-electron chi connectivity index (χ1n) is 4.97. The summed E-state index contributed by atoms with van der Waals surface area (Å²) < 4.78 is 10.8. The van der Waals surface area contributed by atoms with E-state index >= 15 is 0 Å². The van der Waals surface area contributed by atoms with E-state index in [1.807, 2.05) is 30.3 Å². The van der Waals surface area contributed by atoms with E-state index in [0.29, 0.717) is 6.54 Å². The molecule has 0 spiro atoms. The SMILES string of the molecule is c1ccc(NCC2OCCCO2)cc1. The molecule has 0 radical (unpaired) electrons. The number of nitrogens with one attached hydrogen (secondary N) is 1. The zero-order valence-corrected chi connectivity index (χ0v) is 8.11. The molecule has 3 heteroatoms. The van der Waals surface area contributed by atoms with Crippen LogP contribution in [0.1, 0.15) is 6.42 Å². The Hall–Kier alpha value is -1.06. The van der Waals surface area contributed by atoms with Crippen LogP contribution in [0.25, 0.3) is 0 Å². The van der Waals surface area contributed by atoms with Crippen LogP contribution in [0.4, 0.5) is 5.69 Å². The predicted molar refractivity (Wildman–Crippen MR) is 55.2 cm³/mol. The van der Waals surface area contributed by atoms with Crippen LogP contribution in [0, 0.1) is 0 Å². The summed E-state index contributed by atoms with van der Waals surface area (Å²) in [4.78, 5) is 0. The minimum atomic E-state index is -0.0936. The van der Waals surface area contributed by atoms with Gasteiger partial charge in [0.05, 0.1) is 19.8 Å². The molecule has 2 rings (SSSR count). The average molecular weight is 193 g/mol. The van der Waals surface area contributed by atoms with Gasteiger partial charge in [-0.05, 0) is 18.6 Å². The molecule has 0 aromatic heterocycles. The number of benzene rings is 1. The van der Waals surface area contributed by atoms with Crippen LogP contribution in [0.5, 0.6) is 0 Å². The van der Waals surface area contributed by atoms with Crippen LogP contribution in [0.2, 0.25) is 0 Å². The van der Waals surface area contributed by atoms with Crippen molar-refractivity contribution in [2.45, 2.75) is 12.7 Å². The second kappa shape index (κ2) is 4.98. The minimum absolute atomic E-state index is 0.0936. The smallest absolute Gasteiger partial charge is 0.174 e. The molecule has 0 bridgehead atoms. The first kappa shape index (κ1) is 9.49. The van der Waals surface area contributed by atoms with Crippen LogP contribution in [0.3, 0.4) is 0 Å². The zero-order valence-electron chi connectivity index (χ0n) is 8.11. The van der Waals surface area contributed by atoms with Gasteiger partial charge < -0.3 is 14.8 Å². The summed E-state index contributed by atoms with van der Waals surface area (Å²) in [5.41, 5.74) is 1.10. The molecular formula is C11H15NO2. The Bertz CT molecular complexity index is 257. The third-order valence-corrected chi connectivity index (χ3v) is 2.14. The lowest BCUT2D eigenvalue weighted by Gasteiger charge is -2.23. The van der Waals surface area contributed by atoms with Crippen LogP contribution in [0.15, 0.2) is 30.3 Å². The first-order valence-corrected chi connectivity index (χ1v) is 4.97. The van der Waals surface area contributed by atoms with Gasteiger partial charge in [0.15, 0.2) is 6.29 Å². The Morgan fingerprint density at radius 3 is 2.57 bits per heavy atom. The van der Waals surface area contributed by atoms with Gasteiger partial charge in [0.25, 0.3) is 0 Å². The Kier molecular flexibility index (Phi) is 3.38. The maximum absolute atomic E-state index is 5.41. The second-order valence-corrected chi connectivity index (χ2v) is 3.27. The molecule has 1 fully saturated rings. The molecule has 1 heterocycles. The molecule has 1 aromatic rings. The van der Waals surface area contributed by atoms with Crippen molar-refractivity contribution in [3.05, 3.63) is 30.3 Å². The molecule has 1 aliphatic rings. The third kappa shape index (κ3) is 2.72. The Labute approximate surface area is 84.0 Å². The van der Waals surface area contributed by atoms with Crippen LogP contribution in [-0.2, 0) is 9.47 Å². The normalized spacial score (nSPS) is 18.0. The van der Waals surface area contributed by atoms with Crippen molar-refractivity contribution in [3.8, 4) is 0 Å². The lowest BCUT2D eigenvalue weighted by atomic mass is 10.3. The molecule has 1 N–H and O–H groups in total. The molecule has 0 atom stereocenters. The fraction of sp³-hybridized carbons (Fsp3) is 0.455. The highest BCUT2D eigenvalue weighted by Gasteiger charge is 2.12. The molecule has 1 aromatic carbocycles. The van der Waals surface area contributed by atoms with E-state index in [0.717, 1.165) is 25.3 Å². The maximum Gasteiger partial charge on any atom is 0.174 e. The topological polar surface area (TPSA) is 30.5 Å². The number of hydrogen-bond acceptors (Lipinski definition) is 3. The second-order valence-electron chi connectivity index (χ2n) is 3.27. The van der Waals surface area contributed by atoms with Crippen LogP contribution < -0.4 is 5.32 Å². The van der Waals surface area contributed by atoms with Crippen LogP contribution in [-0.4, -0.2) is 26.0 Å². The molecule has 3 nitrogen and oxygen atoms in total. The lowest BCUT2D eigenvalue weighted by molar-refractivity contribution is -0.169. The third-order valence-electron chi connectivity index (χ3n) is 2.14. The van der Waals surface area contributed by atoms with E-state index in [9.17, 15) is 0 Å². The zero-order chi connectivity index (χ0) is 9.64. The monoisotopic (exact) mass is 193 g/mol. The number of anilines is 1. The minimum Gasteiger partial charge on any atom is -0.380 e. The highest BCUT2D eigenvalue weighted by atomic mass is 16.7. The average Bonchev–Trinajstić information content (AvgIpc) is 2.29. The standard InChI is InChI=1S/C11H15NO2/c1-2-5-10(6-3-1)12-9-11-13-7-4-8-14-11/h1-3,5-6,11-12H,4,7-9H2. The molecule has 1 saturated heterocycles. The van der Waals surface area contributed by atoms with Crippen molar-refractivity contribution in [1.29, 1.82) is 0 Å². The van der Waals surface area contributed by atoms with Crippen molar-refractivity contribution in [3.63, 3.8) is 0 Å². The fourth-order valence-electron chi connectivity index (χ4n) is 1.41. The summed E-state index contributed by atoms with van der Waals surface area (Å²) in [6.07, 6.45) is 0.908. The molecule has 0 aliphatic carbocycles. The van der Waals surface area contributed by atoms with E-state index in [4.69, 9.17) is 9.47 Å². The van der Waals surface area contributed by atoms with Gasteiger partial charge in [0, 0.05) is 5.69 Å². The van der Waals surface area contributed by atoms with E-state index in [2.05, 4.69) is 5.32 Å². The molecular weight excluding hydrogens is 178 g/mol. The van der Waals surface area contributed by atoms with Crippen molar-refractivity contribution >= 4 is 5.69 Å². The summed E-state index contributed by atoms with van der Waals surface area (Å²) in [5.74, 6) is 0. The van der Waals surface area contributed by atoms with Crippen molar-refractivity contribution in [1.82, 2.24) is 0 Å². The van der Waals surface area contributed by atoms with Crippen LogP contribution >= 0.6 is 0 Å². The molecule has 0 saturated carbocycles. The van der Waals surface area contributed by atoms with Gasteiger partial charge >= 0.3 is 0 Å². The molecule has 0 amide bonds. The van der Waals surface area contributed by atoms with Gasteiger partial charge in [-0.25, -0.2) is 0 Å². The van der Waals surface area contributed by atoms with E-state index < -0.39 is 0 Å². The predicted octanol–water partition coefficient (Wildman–Crippen LogP) is 1.86. The highest BCUT2D eigenvalue weighted by Crippen LogP contribution is 2.08. The van der Waals surface area contributed by atoms with E-state index in [1.165, 1.54) is 0 Å². The molecule has 76 valence electrons. The number of ether oxygens (including phenoxy) is 2. The summed E-state index contributed by atoms with van der Waals surface area (Å²) in [6, 6.07) is 10.1. The molecule has 1 aliphatic heterocycles. The summed E-state index contributed by atoms with van der Waals surface area (Å²) >= 11 is 0.